The molecule has 0 aliphatic carbocycles. The second kappa shape index (κ2) is 6.14. The van der Waals surface area contributed by atoms with Gasteiger partial charge in [0.25, 0.3) is 0 Å². The zero-order chi connectivity index (χ0) is 13.9. The van der Waals surface area contributed by atoms with Gasteiger partial charge in [-0.3, -0.25) is 4.21 Å². The Balaban J connectivity index is 1.83. The van der Waals surface area contributed by atoms with E-state index in [9.17, 15) is 4.21 Å². The lowest BCUT2D eigenvalue weighted by Gasteiger charge is -2.17. The smallest absolute Gasteiger partial charge is 0.161 e. The van der Waals surface area contributed by atoms with E-state index in [2.05, 4.69) is 18.3 Å². The van der Waals surface area contributed by atoms with Crippen molar-refractivity contribution >= 4 is 10.8 Å². The SMILES string of the molecule is CC1CCNC(c2ccc3c(c2)OCCCO3)CS1=O. The minimum atomic E-state index is -0.773. The predicted octanol–water partition coefficient (Wildman–Crippen LogP) is 2.02. The van der Waals surface area contributed by atoms with E-state index in [1.807, 2.05) is 12.1 Å². The maximum atomic E-state index is 12.2. The van der Waals surface area contributed by atoms with Crippen LogP contribution in [0.25, 0.3) is 0 Å². The first kappa shape index (κ1) is 13.9. The van der Waals surface area contributed by atoms with Gasteiger partial charge in [-0.1, -0.05) is 13.0 Å². The molecule has 2 heterocycles. The molecule has 0 saturated carbocycles. The quantitative estimate of drug-likeness (QED) is 0.861. The molecular weight excluding hydrogens is 274 g/mol. The van der Waals surface area contributed by atoms with Crippen LogP contribution in [0.15, 0.2) is 18.2 Å². The van der Waals surface area contributed by atoms with Crippen LogP contribution in [0.3, 0.4) is 0 Å². The summed E-state index contributed by atoms with van der Waals surface area (Å²) in [4.78, 5) is 0. The summed E-state index contributed by atoms with van der Waals surface area (Å²) in [5.74, 6) is 2.29. The number of hydrogen-bond donors (Lipinski definition) is 1. The molecule has 1 N–H and O–H groups in total. The molecule has 0 amide bonds. The molecule has 3 atom stereocenters. The van der Waals surface area contributed by atoms with Crippen LogP contribution in [0, 0.1) is 0 Å². The molecule has 0 radical (unpaired) electrons. The van der Waals surface area contributed by atoms with E-state index in [1.165, 1.54) is 0 Å². The van der Waals surface area contributed by atoms with Gasteiger partial charge in [0, 0.05) is 34.3 Å². The van der Waals surface area contributed by atoms with Crippen molar-refractivity contribution in [1.82, 2.24) is 5.32 Å². The van der Waals surface area contributed by atoms with Gasteiger partial charge < -0.3 is 14.8 Å². The highest BCUT2D eigenvalue weighted by Crippen LogP contribution is 2.33. The highest BCUT2D eigenvalue weighted by molar-refractivity contribution is 7.85. The van der Waals surface area contributed by atoms with Crippen molar-refractivity contribution in [3.8, 4) is 11.5 Å². The van der Waals surface area contributed by atoms with Gasteiger partial charge in [-0.05, 0) is 30.7 Å². The molecule has 5 heteroatoms. The third-order valence-corrected chi connectivity index (χ3v) is 5.69. The minimum absolute atomic E-state index is 0.137. The minimum Gasteiger partial charge on any atom is -0.490 e. The Bertz CT molecular complexity index is 506. The average Bonchev–Trinajstić information content (AvgIpc) is 2.78. The van der Waals surface area contributed by atoms with Crippen molar-refractivity contribution < 1.29 is 13.7 Å². The van der Waals surface area contributed by atoms with Gasteiger partial charge in [-0.25, -0.2) is 0 Å². The number of hydrogen-bond acceptors (Lipinski definition) is 4. The summed E-state index contributed by atoms with van der Waals surface area (Å²) in [6.07, 6.45) is 1.88. The Morgan fingerprint density at radius 1 is 1.25 bits per heavy atom. The molecule has 20 heavy (non-hydrogen) atoms. The molecular formula is C15H21NO3S. The van der Waals surface area contributed by atoms with Crippen LogP contribution >= 0.6 is 0 Å². The van der Waals surface area contributed by atoms with Crippen molar-refractivity contribution in [2.45, 2.75) is 31.1 Å². The van der Waals surface area contributed by atoms with E-state index in [1.54, 1.807) is 0 Å². The van der Waals surface area contributed by atoms with E-state index in [0.29, 0.717) is 19.0 Å². The maximum Gasteiger partial charge on any atom is 0.161 e. The van der Waals surface area contributed by atoms with Crippen LogP contribution in [-0.4, -0.2) is 35.0 Å². The van der Waals surface area contributed by atoms with Crippen molar-refractivity contribution in [2.75, 3.05) is 25.5 Å². The first-order valence-corrected chi connectivity index (χ1v) is 8.62. The first-order chi connectivity index (χ1) is 9.74. The topological polar surface area (TPSA) is 47.6 Å². The standard InChI is InChI=1S/C15H21NO3S/c1-11-5-6-16-13(10-20(11)17)12-3-4-14-15(9-12)19-8-2-7-18-14/h3-4,9,11,13,16H,2,5-8,10H2,1H3. The number of rotatable bonds is 1. The predicted molar refractivity (Wildman–Crippen MR) is 79.9 cm³/mol. The lowest BCUT2D eigenvalue weighted by molar-refractivity contribution is 0.297. The summed E-state index contributed by atoms with van der Waals surface area (Å²) in [7, 11) is -0.773. The third kappa shape index (κ3) is 2.99. The molecule has 4 nitrogen and oxygen atoms in total. The van der Waals surface area contributed by atoms with Crippen molar-refractivity contribution in [3.63, 3.8) is 0 Å². The Morgan fingerprint density at radius 3 is 2.90 bits per heavy atom. The van der Waals surface area contributed by atoms with Gasteiger partial charge in [0.2, 0.25) is 0 Å². The number of benzene rings is 1. The molecule has 1 aromatic rings. The Morgan fingerprint density at radius 2 is 2.05 bits per heavy atom. The van der Waals surface area contributed by atoms with Gasteiger partial charge in [0.15, 0.2) is 11.5 Å². The fourth-order valence-corrected chi connectivity index (χ4v) is 3.94. The summed E-state index contributed by atoms with van der Waals surface area (Å²) in [5, 5.41) is 3.76. The van der Waals surface area contributed by atoms with E-state index in [4.69, 9.17) is 9.47 Å². The fourth-order valence-electron chi connectivity index (χ4n) is 2.59. The number of ether oxygens (including phenoxy) is 2. The second-order valence-corrected chi connectivity index (χ2v) is 7.31. The highest BCUT2D eigenvalue weighted by atomic mass is 32.2. The molecule has 0 bridgehead atoms. The van der Waals surface area contributed by atoms with Crippen molar-refractivity contribution in [3.05, 3.63) is 23.8 Å². The van der Waals surface area contributed by atoms with Gasteiger partial charge >= 0.3 is 0 Å². The molecule has 3 rings (SSSR count). The van der Waals surface area contributed by atoms with Crippen LogP contribution in [0.5, 0.6) is 11.5 Å². The Labute approximate surface area is 122 Å². The summed E-state index contributed by atoms with van der Waals surface area (Å²) in [5.41, 5.74) is 1.14. The summed E-state index contributed by atoms with van der Waals surface area (Å²) < 4.78 is 23.5. The number of nitrogens with one attached hydrogen (secondary N) is 1. The molecule has 2 aliphatic heterocycles. The average molecular weight is 295 g/mol. The Kier molecular flexibility index (Phi) is 4.27. The van der Waals surface area contributed by atoms with Crippen LogP contribution in [0.1, 0.15) is 31.4 Å². The molecule has 1 saturated heterocycles. The van der Waals surface area contributed by atoms with Crippen molar-refractivity contribution in [2.24, 2.45) is 0 Å². The summed E-state index contributed by atoms with van der Waals surface area (Å²) in [6.45, 7) is 4.37. The van der Waals surface area contributed by atoms with Gasteiger partial charge in [-0.15, -0.1) is 0 Å². The molecule has 0 spiro atoms. The lowest BCUT2D eigenvalue weighted by atomic mass is 10.1. The van der Waals surface area contributed by atoms with E-state index in [0.717, 1.165) is 36.4 Å². The fraction of sp³-hybridized carbons (Fsp3) is 0.600. The van der Waals surface area contributed by atoms with Gasteiger partial charge in [-0.2, -0.15) is 0 Å². The lowest BCUT2D eigenvalue weighted by Crippen LogP contribution is -2.24. The first-order valence-electron chi connectivity index (χ1n) is 7.24. The molecule has 1 aromatic carbocycles. The summed E-state index contributed by atoms with van der Waals surface area (Å²) in [6, 6.07) is 6.19. The molecule has 2 aliphatic rings. The Hall–Kier alpha value is -1.07. The van der Waals surface area contributed by atoms with E-state index >= 15 is 0 Å². The molecule has 110 valence electrons. The van der Waals surface area contributed by atoms with Crippen LogP contribution in [0.4, 0.5) is 0 Å². The van der Waals surface area contributed by atoms with E-state index in [-0.39, 0.29) is 11.3 Å². The monoisotopic (exact) mass is 295 g/mol. The zero-order valence-electron chi connectivity index (χ0n) is 11.8. The number of fused-ring (bicyclic) bond motifs is 1. The van der Waals surface area contributed by atoms with E-state index < -0.39 is 10.8 Å². The largest absolute Gasteiger partial charge is 0.490 e. The third-order valence-electron chi connectivity index (χ3n) is 3.90. The maximum absolute atomic E-state index is 12.2. The van der Waals surface area contributed by atoms with Crippen LogP contribution < -0.4 is 14.8 Å². The van der Waals surface area contributed by atoms with Crippen molar-refractivity contribution in [1.29, 1.82) is 0 Å². The van der Waals surface area contributed by atoms with Crippen LogP contribution in [-0.2, 0) is 10.8 Å². The second-order valence-electron chi connectivity index (χ2n) is 5.41. The summed E-state index contributed by atoms with van der Waals surface area (Å²) >= 11 is 0. The van der Waals surface area contributed by atoms with Gasteiger partial charge in [0.05, 0.1) is 13.2 Å². The normalized spacial score (nSPS) is 30.4. The zero-order valence-corrected chi connectivity index (χ0v) is 12.6. The van der Waals surface area contributed by atoms with Gasteiger partial charge in [0.1, 0.15) is 0 Å². The molecule has 0 aromatic heterocycles. The molecule has 1 fully saturated rings. The molecule has 3 unspecified atom stereocenters. The highest BCUT2D eigenvalue weighted by Gasteiger charge is 2.23. The van der Waals surface area contributed by atoms with Crippen LogP contribution in [0.2, 0.25) is 0 Å².